The standard InChI is InChI=1S/C12H16O5/c1-7-4-8(6-13)2-3-9(7)12(17)10(14)5-11(15)16/h2-4,10,12-14,17H,5-6H2,1H3,(H,15,16). The maximum Gasteiger partial charge on any atom is 0.306 e. The molecule has 17 heavy (non-hydrogen) atoms. The van der Waals surface area contributed by atoms with E-state index in [0.717, 1.165) is 0 Å². The van der Waals surface area contributed by atoms with E-state index in [1.54, 1.807) is 25.1 Å². The summed E-state index contributed by atoms with van der Waals surface area (Å²) < 4.78 is 0. The van der Waals surface area contributed by atoms with E-state index in [9.17, 15) is 15.0 Å². The third-order valence-electron chi connectivity index (χ3n) is 2.58. The summed E-state index contributed by atoms with van der Waals surface area (Å²) in [5, 5.41) is 36.8. The van der Waals surface area contributed by atoms with Gasteiger partial charge in [-0.25, -0.2) is 0 Å². The van der Waals surface area contributed by atoms with Crippen molar-refractivity contribution in [3.63, 3.8) is 0 Å². The Morgan fingerprint density at radius 1 is 1.35 bits per heavy atom. The van der Waals surface area contributed by atoms with E-state index < -0.39 is 24.6 Å². The van der Waals surface area contributed by atoms with Crippen LogP contribution < -0.4 is 0 Å². The zero-order valence-corrected chi connectivity index (χ0v) is 9.50. The van der Waals surface area contributed by atoms with E-state index in [4.69, 9.17) is 10.2 Å². The lowest BCUT2D eigenvalue weighted by molar-refractivity contribution is -0.141. The number of carboxylic acid groups (broad SMARTS) is 1. The summed E-state index contributed by atoms with van der Waals surface area (Å²) >= 11 is 0. The summed E-state index contributed by atoms with van der Waals surface area (Å²) in [7, 11) is 0. The van der Waals surface area contributed by atoms with Crippen LogP contribution in [0.5, 0.6) is 0 Å². The average molecular weight is 240 g/mol. The molecule has 0 bridgehead atoms. The first-order valence-electron chi connectivity index (χ1n) is 5.24. The van der Waals surface area contributed by atoms with Crippen molar-refractivity contribution in [3.8, 4) is 0 Å². The summed E-state index contributed by atoms with van der Waals surface area (Å²) in [4.78, 5) is 10.4. The van der Waals surface area contributed by atoms with Crippen molar-refractivity contribution in [3.05, 3.63) is 34.9 Å². The van der Waals surface area contributed by atoms with Gasteiger partial charge in [0, 0.05) is 0 Å². The van der Waals surface area contributed by atoms with Gasteiger partial charge in [-0.15, -0.1) is 0 Å². The highest BCUT2D eigenvalue weighted by Gasteiger charge is 2.22. The molecule has 0 aliphatic carbocycles. The summed E-state index contributed by atoms with van der Waals surface area (Å²) in [5.41, 5.74) is 1.87. The van der Waals surface area contributed by atoms with E-state index in [-0.39, 0.29) is 6.61 Å². The summed E-state index contributed by atoms with van der Waals surface area (Å²) in [5.74, 6) is -1.17. The van der Waals surface area contributed by atoms with Gasteiger partial charge >= 0.3 is 5.97 Å². The van der Waals surface area contributed by atoms with Gasteiger partial charge in [0.25, 0.3) is 0 Å². The fourth-order valence-corrected chi connectivity index (χ4v) is 1.67. The quantitative estimate of drug-likeness (QED) is 0.595. The lowest BCUT2D eigenvalue weighted by Gasteiger charge is -2.18. The van der Waals surface area contributed by atoms with Crippen LogP contribution in [-0.2, 0) is 11.4 Å². The molecule has 0 radical (unpaired) electrons. The van der Waals surface area contributed by atoms with Crippen LogP contribution in [0, 0.1) is 6.92 Å². The molecular formula is C12H16O5. The summed E-state index contributed by atoms with van der Waals surface area (Å²) in [6.07, 6.45) is -3.09. The van der Waals surface area contributed by atoms with Crippen LogP contribution in [-0.4, -0.2) is 32.5 Å². The van der Waals surface area contributed by atoms with Crippen LogP contribution in [0.15, 0.2) is 18.2 Å². The zero-order valence-electron chi connectivity index (χ0n) is 9.50. The lowest BCUT2D eigenvalue weighted by Crippen LogP contribution is -2.22. The number of aliphatic carboxylic acids is 1. The van der Waals surface area contributed by atoms with Gasteiger partial charge in [-0.1, -0.05) is 18.2 Å². The molecule has 4 N–H and O–H groups in total. The van der Waals surface area contributed by atoms with Gasteiger partial charge in [0.15, 0.2) is 0 Å². The largest absolute Gasteiger partial charge is 0.481 e. The number of hydrogen-bond donors (Lipinski definition) is 4. The van der Waals surface area contributed by atoms with Gasteiger partial charge in [-0.2, -0.15) is 0 Å². The van der Waals surface area contributed by atoms with E-state index >= 15 is 0 Å². The van der Waals surface area contributed by atoms with E-state index in [2.05, 4.69) is 0 Å². The van der Waals surface area contributed by atoms with Gasteiger partial charge in [0.1, 0.15) is 6.10 Å². The number of rotatable bonds is 5. The zero-order chi connectivity index (χ0) is 13.0. The number of aryl methyl sites for hydroxylation is 1. The Morgan fingerprint density at radius 2 is 2.00 bits per heavy atom. The molecule has 0 saturated carbocycles. The van der Waals surface area contributed by atoms with Crippen LogP contribution in [0.25, 0.3) is 0 Å². The highest BCUT2D eigenvalue weighted by atomic mass is 16.4. The number of aliphatic hydroxyl groups is 3. The molecule has 0 amide bonds. The second-order valence-corrected chi connectivity index (χ2v) is 3.96. The van der Waals surface area contributed by atoms with Gasteiger partial charge in [0.05, 0.1) is 19.1 Å². The van der Waals surface area contributed by atoms with Crippen molar-refractivity contribution >= 4 is 5.97 Å². The van der Waals surface area contributed by atoms with Crippen LogP contribution in [0.1, 0.15) is 29.2 Å². The Bertz CT molecular complexity index is 402. The maximum atomic E-state index is 10.4. The predicted molar refractivity (Wildman–Crippen MR) is 60.3 cm³/mol. The molecule has 2 unspecified atom stereocenters. The van der Waals surface area contributed by atoms with Crippen LogP contribution >= 0.6 is 0 Å². The van der Waals surface area contributed by atoms with E-state index in [1.807, 2.05) is 0 Å². The Labute approximate surface area is 99.0 Å². The molecule has 1 rings (SSSR count). The lowest BCUT2D eigenvalue weighted by atomic mass is 9.96. The van der Waals surface area contributed by atoms with Gasteiger partial charge in [-0.05, 0) is 23.6 Å². The average Bonchev–Trinajstić information content (AvgIpc) is 2.27. The highest BCUT2D eigenvalue weighted by Crippen LogP contribution is 2.23. The Kier molecular flexibility index (Phi) is 4.62. The normalized spacial score (nSPS) is 14.4. The van der Waals surface area contributed by atoms with E-state index in [0.29, 0.717) is 16.7 Å². The minimum Gasteiger partial charge on any atom is -0.481 e. The molecule has 1 aromatic rings. The monoisotopic (exact) mass is 240 g/mol. The van der Waals surface area contributed by atoms with E-state index in [1.165, 1.54) is 0 Å². The first kappa shape index (κ1) is 13.6. The summed E-state index contributed by atoms with van der Waals surface area (Å²) in [6.45, 7) is 1.63. The van der Waals surface area contributed by atoms with Gasteiger partial charge in [0.2, 0.25) is 0 Å². The molecule has 0 saturated heterocycles. The maximum absolute atomic E-state index is 10.4. The molecule has 0 fully saturated rings. The first-order chi connectivity index (χ1) is 7.95. The van der Waals surface area contributed by atoms with Crippen molar-refractivity contribution in [1.82, 2.24) is 0 Å². The molecule has 0 heterocycles. The minimum atomic E-state index is -1.34. The summed E-state index contributed by atoms with van der Waals surface area (Å²) in [6, 6.07) is 4.89. The second kappa shape index (κ2) is 5.77. The Hall–Kier alpha value is -1.43. The third kappa shape index (κ3) is 3.52. The van der Waals surface area contributed by atoms with Crippen molar-refractivity contribution in [2.24, 2.45) is 0 Å². The van der Waals surface area contributed by atoms with Crippen molar-refractivity contribution in [2.75, 3.05) is 0 Å². The number of carbonyl (C=O) groups is 1. The van der Waals surface area contributed by atoms with Gasteiger partial charge in [-0.3, -0.25) is 4.79 Å². The van der Waals surface area contributed by atoms with Crippen LogP contribution in [0.2, 0.25) is 0 Å². The predicted octanol–water partition coefficient (Wildman–Crippen LogP) is 0.356. The Morgan fingerprint density at radius 3 is 2.47 bits per heavy atom. The van der Waals surface area contributed by atoms with Crippen molar-refractivity contribution in [2.45, 2.75) is 32.2 Å². The van der Waals surface area contributed by atoms with Crippen LogP contribution in [0.3, 0.4) is 0 Å². The fourth-order valence-electron chi connectivity index (χ4n) is 1.67. The number of benzene rings is 1. The molecule has 0 aromatic heterocycles. The second-order valence-electron chi connectivity index (χ2n) is 3.96. The van der Waals surface area contributed by atoms with Gasteiger partial charge < -0.3 is 20.4 Å². The van der Waals surface area contributed by atoms with Crippen LogP contribution in [0.4, 0.5) is 0 Å². The fraction of sp³-hybridized carbons (Fsp3) is 0.417. The molecule has 5 nitrogen and oxygen atoms in total. The minimum absolute atomic E-state index is 0.102. The molecular weight excluding hydrogens is 224 g/mol. The number of aliphatic hydroxyl groups excluding tert-OH is 3. The number of hydrogen-bond acceptors (Lipinski definition) is 4. The SMILES string of the molecule is Cc1cc(CO)ccc1C(O)C(O)CC(=O)O. The molecule has 0 aliphatic rings. The third-order valence-corrected chi connectivity index (χ3v) is 2.58. The molecule has 94 valence electrons. The van der Waals surface area contributed by atoms with Crippen molar-refractivity contribution < 1.29 is 25.2 Å². The van der Waals surface area contributed by atoms with Crippen molar-refractivity contribution in [1.29, 1.82) is 0 Å². The Balaban J connectivity index is 2.88. The smallest absolute Gasteiger partial charge is 0.306 e. The molecule has 1 aromatic carbocycles. The molecule has 0 aliphatic heterocycles. The highest BCUT2D eigenvalue weighted by molar-refractivity contribution is 5.67. The first-order valence-corrected chi connectivity index (χ1v) is 5.24. The topological polar surface area (TPSA) is 98.0 Å². The molecule has 0 spiro atoms. The molecule has 2 atom stereocenters. The number of carboxylic acids is 1. The molecule has 5 heteroatoms.